The first-order valence-corrected chi connectivity index (χ1v) is 6.58. The van der Waals surface area contributed by atoms with E-state index in [-0.39, 0.29) is 12.0 Å². The highest BCUT2D eigenvalue weighted by Gasteiger charge is 2.34. The van der Waals surface area contributed by atoms with Crippen LogP contribution in [0.3, 0.4) is 0 Å². The number of ether oxygens (including phenoxy) is 1. The van der Waals surface area contributed by atoms with Crippen molar-refractivity contribution >= 4 is 5.97 Å². The van der Waals surface area contributed by atoms with Crippen LogP contribution in [0.25, 0.3) is 0 Å². The van der Waals surface area contributed by atoms with Gasteiger partial charge in [-0.3, -0.25) is 9.69 Å². The number of piperidine rings is 1. The Morgan fingerprint density at radius 3 is 2.78 bits per heavy atom. The maximum atomic E-state index is 11.9. The zero-order valence-electron chi connectivity index (χ0n) is 11.1. The molecule has 3 nitrogen and oxygen atoms in total. The summed E-state index contributed by atoms with van der Waals surface area (Å²) < 4.78 is 4.95. The van der Waals surface area contributed by atoms with Gasteiger partial charge in [0, 0.05) is 6.54 Å². The van der Waals surface area contributed by atoms with Gasteiger partial charge in [-0.25, -0.2) is 0 Å². The van der Waals surface area contributed by atoms with Gasteiger partial charge >= 0.3 is 5.97 Å². The minimum Gasteiger partial charge on any atom is -0.468 e. The van der Waals surface area contributed by atoms with E-state index < -0.39 is 0 Å². The van der Waals surface area contributed by atoms with Crippen molar-refractivity contribution in [1.82, 2.24) is 4.90 Å². The molecule has 1 heterocycles. The van der Waals surface area contributed by atoms with Crippen LogP contribution in [0.5, 0.6) is 0 Å². The number of carbonyl (C=O) groups excluding carboxylic acids is 1. The summed E-state index contributed by atoms with van der Waals surface area (Å²) >= 11 is 0. The summed E-state index contributed by atoms with van der Waals surface area (Å²) in [6.07, 6.45) is 2.26. The second-order valence-electron chi connectivity index (χ2n) is 5.04. The van der Waals surface area contributed by atoms with Crippen LogP contribution in [0.15, 0.2) is 30.3 Å². The summed E-state index contributed by atoms with van der Waals surface area (Å²) in [4.78, 5) is 14.2. The zero-order chi connectivity index (χ0) is 13.0. The summed E-state index contributed by atoms with van der Waals surface area (Å²) in [7, 11) is 1.48. The standard InChI is InChI=1S/C15H21NO2/c1-12-7-6-10-16(14(12)15(17)18-2)11-13-8-4-3-5-9-13/h3-5,8-9,12,14H,6-7,10-11H2,1-2H3/t12-,14+/m1/s1. The van der Waals surface area contributed by atoms with Crippen molar-refractivity contribution < 1.29 is 9.53 Å². The minimum absolute atomic E-state index is 0.0936. The third kappa shape index (κ3) is 2.91. The number of hydrogen-bond acceptors (Lipinski definition) is 3. The lowest BCUT2D eigenvalue weighted by molar-refractivity contribution is -0.150. The van der Waals surface area contributed by atoms with E-state index in [0.717, 1.165) is 25.9 Å². The van der Waals surface area contributed by atoms with Crippen molar-refractivity contribution in [2.75, 3.05) is 13.7 Å². The average Bonchev–Trinajstić information content (AvgIpc) is 2.39. The number of carbonyl (C=O) groups is 1. The Labute approximate surface area is 109 Å². The normalized spacial score (nSPS) is 24.8. The highest BCUT2D eigenvalue weighted by molar-refractivity contribution is 5.76. The van der Waals surface area contributed by atoms with E-state index in [0.29, 0.717) is 5.92 Å². The molecule has 2 atom stereocenters. The Kier molecular flexibility index (Phi) is 4.37. The molecule has 1 aromatic carbocycles. The molecule has 1 fully saturated rings. The smallest absolute Gasteiger partial charge is 0.323 e. The average molecular weight is 247 g/mol. The SMILES string of the molecule is COC(=O)[C@@H]1[C@H](C)CCCN1Cc1ccccc1. The molecule has 3 heteroatoms. The second-order valence-corrected chi connectivity index (χ2v) is 5.04. The summed E-state index contributed by atoms with van der Waals surface area (Å²) in [6, 6.07) is 10.2. The summed E-state index contributed by atoms with van der Waals surface area (Å²) in [6.45, 7) is 3.93. The van der Waals surface area contributed by atoms with Gasteiger partial charge in [-0.05, 0) is 30.9 Å². The molecular formula is C15H21NO2. The lowest BCUT2D eigenvalue weighted by atomic mass is 9.90. The highest BCUT2D eigenvalue weighted by atomic mass is 16.5. The molecule has 0 spiro atoms. The number of esters is 1. The van der Waals surface area contributed by atoms with E-state index in [1.165, 1.54) is 12.7 Å². The van der Waals surface area contributed by atoms with Crippen LogP contribution in [-0.4, -0.2) is 30.6 Å². The maximum Gasteiger partial charge on any atom is 0.323 e. The molecule has 0 bridgehead atoms. The Morgan fingerprint density at radius 1 is 1.39 bits per heavy atom. The van der Waals surface area contributed by atoms with Crippen LogP contribution < -0.4 is 0 Å². The van der Waals surface area contributed by atoms with Crippen LogP contribution in [-0.2, 0) is 16.1 Å². The number of rotatable bonds is 3. The molecule has 0 saturated carbocycles. The van der Waals surface area contributed by atoms with Gasteiger partial charge in [-0.2, -0.15) is 0 Å². The van der Waals surface area contributed by atoms with Crippen LogP contribution in [0, 0.1) is 5.92 Å². The summed E-state index contributed by atoms with van der Waals surface area (Å²) in [5.41, 5.74) is 1.25. The van der Waals surface area contributed by atoms with Gasteiger partial charge in [-0.1, -0.05) is 37.3 Å². The fraction of sp³-hybridized carbons (Fsp3) is 0.533. The topological polar surface area (TPSA) is 29.5 Å². The first kappa shape index (κ1) is 13.1. The zero-order valence-corrected chi connectivity index (χ0v) is 11.1. The second kappa shape index (κ2) is 6.01. The number of benzene rings is 1. The largest absolute Gasteiger partial charge is 0.468 e. The third-order valence-electron chi connectivity index (χ3n) is 3.71. The van der Waals surface area contributed by atoms with Gasteiger partial charge in [0.1, 0.15) is 6.04 Å². The monoisotopic (exact) mass is 247 g/mol. The van der Waals surface area contributed by atoms with Crippen molar-refractivity contribution in [2.45, 2.75) is 32.4 Å². The molecule has 2 rings (SSSR count). The number of likely N-dealkylation sites (tertiary alicyclic amines) is 1. The van der Waals surface area contributed by atoms with Crippen molar-refractivity contribution in [1.29, 1.82) is 0 Å². The number of methoxy groups -OCH3 is 1. The van der Waals surface area contributed by atoms with Crippen LogP contribution in [0.1, 0.15) is 25.3 Å². The van der Waals surface area contributed by atoms with Crippen molar-refractivity contribution in [3.8, 4) is 0 Å². The quantitative estimate of drug-likeness (QED) is 0.768. The predicted octanol–water partition coefficient (Wildman–Crippen LogP) is 2.46. The number of nitrogens with zero attached hydrogens (tertiary/aromatic N) is 1. The molecule has 0 aliphatic carbocycles. The molecule has 1 aliphatic rings. The molecule has 98 valence electrons. The maximum absolute atomic E-state index is 11.9. The summed E-state index contributed by atoms with van der Waals surface area (Å²) in [5.74, 6) is 0.271. The van der Waals surface area contributed by atoms with Crippen molar-refractivity contribution in [3.63, 3.8) is 0 Å². The Morgan fingerprint density at radius 2 is 2.11 bits per heavy atom. The van der Waals surface area contributed by atoms with Gasteiger partial charge < -0.3 is 4.74 Å². The van der Waals surface area contributed by atoms with Gasteiger partial charge in [0.15, 0.2) is 0 Å². The van der Waals surface area contributed by atoms with E-state index in [2.05, 4.69) is 24.0 Å². The molecule has 0 unspecified atom stereocenters. The molecular weight excluding hydrogens is 226 g/mol. The first-order valence-electron chi connectivity index (χ1n) is 6.58. The Bertz CT molecular complexity index is 391. The van der Waals surface area contributed by atoms with E-state index >= 15 is 0 Å². The Hall–Kier alpha value is -1.35. The Balaban J connectivity index is 2.11. The molecule has 1 aliphatic heterocycles. The summed E-state index contributed by atoms with van der Waals surface area (Å²) in [5, 5.41) is 0. The fourth-order valence-electron chi connectivity index (χ4n) is 2.77. The predicted molar refractivity (Wildman–Crippen MR) is 71.1 cm³/mol. The molecule has 1 aromatic rings. The molecule has 0 aromatic heterocycles. The first-order chi connectivity index (χ1) is 8.72. The van der Waals surface area contributed by atoms with Gasteiger partial charge in [0.05, 0.1) is 7.11 Å². The van der Waals surface area contributed by atoms with Gasteiger partial charge in [0.25, 0.3) is 0 Å². The highest BCUT2D eigenvalue weighted by Crippen LogP contribution is 2.25. The van der Waals surface area contributed by atoms with Crippen LogP contribution in [0.2, 0.25) is 0 Å². The van der Waals surface area contributed by atoms with E-state index in [4.69, 9.17) is 4.74 Å². The minimum atomic E-state index is -0.0990. The van der Waals surface area contributed by atoms with Gasteiger partial charge in [0.2, 0.25) is 0 Å². The number of hydrogen-bond donors (Lipinski definition) is 0. The van der Waals surface area contributed by atoms with E-state index in [1.807, 2.05) is 18.2 Å². The lowest BCUT2D eigenvalue weighted by Gasteiger charge is -2.38. The molecule has 0 radical (unpaired) electrons. The third-order valence-corrected chi connectivity index (χ3v) is 3.71. The fourth-order valence-corrected chi connectivity index (χ4v) is 2.77. The van der Waals surface area contributed by atoms with Crippen molar-refractivity contribution in [3.05, 3.63) is 35.9 Å². The van der Waals surface area contributed by atoms with E-state index in [9.17, 15) is 4.79 Å². The molecule has 1 saturated heterocycles. The van der Waals surface area contributed by atoms with Crippen LogP contribution >= 0.6 is 0 Å². The molecule has 0 amide bonds. The lowest BCUT2D eigenvalue weighted by Crippen LogP contribution is -2.49. The van der Waals surface area contributed by atoms with Crippen molar-refractivity contribution in [2.24, 2.45) is 5.92 Å². The molecule has 18 heavy (non-hydrogen) atoms. The van der Waals surface area contributed by atoms with Crippen LogP contribution in [0.4, 0.5) is 0 Å². The molecule has 0 N–H and O–H groups in total. The van der Waals surface area contributed by atoms with E-state index in [1.54, 1.807) is 0 Å². The van der Waals surface area contributed by atoms with Gasteiger partial charge in [-0.15, -0.1) is 0 Å².